The predicted octanol–water partition coefficient (Wildman–Crippen LogP) is 4.74. The number of hydrogen-bond acceptors (Lipinski definition) is 0. The van der Waals surface area contributed by atoms with E-state index in [-0.39, 0.29) is 8.85 Å². The third kappa shape index (κ3) is 2.48. The quantitative estimate of drug-likeness (QED) is 0.510. The molecule has 0 bridgehead atoms. The van der Waals surface area contributed by atoms with Crippen LogP contribution in [0.4, 0.5) is 0 Å². The van der Waals surface area contributed by atoms with Gasteiger partial charge in [0, 0.05) is 1.43 Å². The lowest BCUT2D eigenvalue weighted by Crippen LogP contribution is -2.29. The zero-order chi connectivity index (χ0) is 8.55. The minimum absolute atomic E-state index is 0. The molecule has 2 aliphatic rings. The summed E-state index contributed by atoms with van der Waals surface area (Å²) in [6.07, 6.45) is 9.17. The van der Waals surface area contributed by atoms with Crippen LogP contribution in [0.25, 0.3) is 0 Å². The molecule has 80 valence electrons. The van der Waals surface area contributed by atoms with Gasteiger partial charge in [-0.1, -0.05) is 34.1 Å². The summed E-state index contributed by atoms with van der Waals surface area (Å²) in [5, 5.41) is 0. The minimum Gasteiger partial charge on any atom is -0.0776 e. The minimum atomic E-state index is 0. The van der Waals surface area contributed by atoms with Crippen molar-refractivity contribution in [2.45, 2.75) is 59.8 Å². The van der Waals surface area contributed by atoms with Gasteiger partial charge < -0.3 is 0 Å². The van der Waals surface area contributed by atoms with Crippen molar-refractivity contribution >= 4 is 0 Å². The normalized spacial score (nSPS) is 44.8. The molecule has 0 aliphatic heterocycles. The highest BCUT2D eigenvalue weighted by atomic mass is 14.4. The Labute approximate surface area is 85.6 Å². The van der Waals surface area contributed by atoms with Crippen molar-refractivity contribution in [2.75, 3.05) is 0 Å². The van der Waals surface area contributed by atoms with Gasteiger partial charge in [-0.25, -0.2) is 0 Å². The molecule has 0 spiro atoms. The highest BCUT2D eigenvalue weighted by molar-refractivity contribution is 4.83. The van der Waals surface area contributed by atoms with Gasteiger partial charge in [0.1, 0.15) is 0 Å². The van der Waals surface area contributed by atoms with E-state index in [1.165, 1.54) is 38.5 Å². The molecular weight excluding hydrogens is 156 g/mol. The Morgan fingerprint density at radius 3 is 1.54 bits per heavy atom. The first-order chi connectivity index (χ1) is 5.75. The van der Waals surface area contributed by atoms with E-state index in [1.54, 1.807) is 0 Å². The first-order valence-electron chi connectivity index (χ1n) is 5.75. The van der Waals surface area contributed by atoms with E-state index in [9.17, 15) is 0 Å². The standard InChI is InChI=1S/C12H22.CH4.H2/c1-9-3-5-12-8-10(2)4-6-11(12)7-9;;/h9-12H,3-8H2,1-2H3;1H4;1H. The second kappa shape index (κ2) is 4.48. The Morgan fingerprint density at radius 1 is 0.769 bits per heavy atom. The zero-order valence-corrected chi connectivity index (χ0v) is 8.55. The molecule has 0 aromatic rings. The molecule has 4 atom stereocenters. The molecule has 0 aromatic carbocycles. The summed E-state index contributed by atoms with van der Waals surface area (Å²) >= 11 is 0. The van der Waals surface area contributed by atoms with Crippen molar-refractivity contribution in [3.05, 3.63) is 0 Å². The molecule has 0 aromatic heterocycles. The molecule has 2 fully saturated rings. The van der Waals surface area contributed by atoms with Gasteiger partial charge in [-0.05, 0) is 49.4 Å². The van der Waals surface area contributed by atoms with E-state index < -0.39 is 0 Å². The average molecular weight is 184 g/mol. The van der Waals surface area contributed by atoms with Crippen molar-refractivity contribution in [1.29, 1.82) is 0 Å². The van der Waals surface area contributed by atoms with Crippen LogP contribution in [-0.2, 0) is 0 Å². The van der Waals surface area contributed by atoms with Gasteiger partial charge in [0.2, 0.25) is 0 Å². The predicted molar refractivity (Wildman–Crippen MR) is 61.9 cm³/mol. The largest absolute Gasteiger partial charge is 0.0776 e. The lowest BCUT2D eigenvalue weighted by molar-refractivity contribution is 0.109. The van der Waals surface area contributed by atoms with Crippen LogP contribution in [0.15, 0.2) is 0 Å². The summed E-state index contributed by atoms with van der Waals surface area (Å²) in [6, 6.07) is 0. The number of rotatable bonds is 0. The lowest BCUT2D eigenvalue weighted by atomic mass is 9.65. The van der Waals surface area contributed by atoms with E-state index in [4.69, 9.17) is 0 Å². The fourth-order valence-corrected chi connectivity index (χ4v) is 3.36. The van der Waals surface area contributed by atoms with E-state index in [0.29, 0.717) is 0 Å². The summed E-state index contributed by atoms with van der Waals surface area (Å²) in [5.41, 5.74) is 0. The maximum Gasteiger partial charge on any atom is 0 e. The average Bonchev–Trinajstić information content (AvgIpc) is 2.05. The van der Waals surface area contributed by atoms with E-state index in [1.807, 2.05) is 0 Å². The summed E-state index contributed by atoms with van der Waals surface area (Å²) in [4.78, 5) is 0. The summed E-state index contributed by atoms with van der Waals surface area (Å²) in [6.45, 7) is 4.88. The molecule has 2 rings (SSSR count). The molecule has 2 saturated carbocycles. The summed E-state index contributed by atoms with van der Waals surface area (Å²) in [5.74, 6) is 4.29. The fourth-order valence-electron chi connectivity index (χ4n) is 3.36. The molecule has 13 heavy (non-hydrogen) atoms. The molecule has 0 radical (unpaired) electrons. The highest BCUT2D eigenvalue weighted by Gasteiger charge is 2.32. The van der Waals surface area contributed by atoms with Gasteiger partial charge in [-0.15, -0.1) is 0 Å². The Morgan fingerprint density at radius 2 is 1.15 bits per heavy atom. The Bertz CT molecular complexity index is 137. The van der Waals surface area contributed by atoms with Crippen LogP contribution in [0.1, 0.15) is 61.2 Å². The Hall–Kier alpha value is 0. The van der Waals surface area contributed by atoms with Gasteiger partial charge in [0.15, 0.2) is 0 Å². The molecule has 0 nitrogen and oxygen atoms in total. The van der Waals surface area contributed by atoms with Crippen molar-refractivity contribution < 1.29 is 1.43 Å². The van der Waals surface area contributed by atoms with Gasteiger partial charge in [-0.2, -0.15) is 0 Å². The number of hydrogen-bond donors (Lipinski definition) is 0. The van der Waals surface area contributed by atoms with Gasteiger partial charge in [0.25, 0.3) is 0 Å². The van der Waals surface area contributed by atoms with Gasteiger partial charge in [0.05, 0.1) is 0 Å². The Balaban J connectivity index is 0.000000845. The van der Waals surface area contributed by atoms with Crippen LogP contribution in [0.5, 0.6) is 0 Å². The summed E-state index contributed by atoms with van der Waals surface area (Å²) in [7, 11) is 0. The SMILES string of the molecule is C.CC1CCC2CC(C)CCC2C1.[HH]. The second-order valence-corrected chi connectivity index (χ2v) is 5.36. The maximum absolute atomic E-state index is 2.44. The van der Waals surface area contributed by atoms with E-state index in [2.05, 4.69) is 13.8 Å². The van der Waals surface area contributed by atoms with Gasteiger partial charge >= 0.3 is 0 Å². The third-order valence-electron chi connectivity index (χ3n) is 4.14. The third-order valence-corrected chi connectivity index (χ3v) is 4.14. The van der Waals surface area contributed by atoms with Crippen LogP contribution in [0, 0.1) is 23.7 Å². The fraction of sp³-hybridized carbons (Fsp3) is 1.00. The van der Waals surface area contributed by atoms with Crippen molar-refractivity contribution in [3.8, 4) is 0 Å². The molecular formula is C13H28. The van der Waals surface area contributed by atoms with Gasteiger partial charge in [-0.3, -0.25) is 0 Å². The summed E-state index contributed by atoms with van der Waals surface area (Å²) < 4.78 is 0. The smallest absolute Gasteiger partial charge is 0 e. The number of fused-ring (bicyclic) bond motifs is 1. The molecule has 0 heterocycles. The molecule has 0 amide bonds. The molecule has 0 heteroatoms. The second-order valence-electron chi connectivity index (χ2n) is 5.36. The highest BCUT2D eigenvalue weighted by Crippen LogP contribution is 2.44. The van der Waals surface area contributed by atoms with Crippen molar-refractivity contribution in [1.82, 2.24) is 0 Å². The van der Waals surface area contributed by atoms with Crippen LogP contribution >= 0.6 is 0 Å². The van der Waals surface area contributed by atoms with Crippen molar-refractivity contribution in [3.63, 3.8) is 0 Å². The maximum atomic E-state index is 2.44. The lowest BCUT2D eigenvalue weighted by Gasteiger charge is -2.40. The molecule has 0 N–H and O–H groups in total. The van der Waals surface area contributed by atoms with Crippen LogP contribution in [-0.4, -0.2) is 0 Å². The zero-order valence-electron chi connectivity index (χ0n) is 8.55. The van der Waals surface area contributed by atoms with Crippen LogP contribution in [0.3, 0.4) is 0 Å². The molecule has 2 aliphatic carbocycles. The van der Waals surface area contributed by atoms with E-state index in [0.717, 1.165) is 23.7 Å². The van der Waals surface area contributed by atoms with Crippen LogP contribution in [0.2, 0.25) is 0 Å². The topological polar surface area (TPSA) is 0 Å². The monoisotopic (exact) mass is 184 g/mol. The first kappa shape index (κ1) is 11.1. The van der Waals surface area contributed by atoms with Crippen LogP contribution < -0.4 is 0 Å². The van der Waals surface area contributed by atoms with E-state index >= 15 is 0 Å². The molecule has 0 saturated heterocycles. The Kier molecular flexibility index (Phi) is 3.82. The first-order valence-corrected chi connectivity index (χ1v) is 5.75. The molecule has 4 unspecified atom stereocenters. The van der Waals surface area contributed by atoms with Crippen molar-refractivity contribution in [2.24, 2.45) is 23.7 Å².